The van der Waals surface area contributed by atoms with Crippen molar-refractivity contribution in [3.05, 3.63) is 48.2 Å². The van der Waals surface area contributed by atoms with Crippen LogP contribution in [0.1, 0.15) is 18.5 Å². The fraction of sp³-hybridized carbons (Fsp3) is 0.231. The van der Waals surface area contributed by atoms with Crippen LogP contribution in [0.4, 0.5) is 5.82 Å². The van der Waals surface area contributed by atoms with E-state index in [1.807, 2.05) is 14.0 Å². The molecule has 2 aromatic rings. The average Bonchev–Trinajstić information content (AvgIpc) is 2.47. The van der Waals surface area contributed by atoms with E-state index < -0.39 is 10.0 Å². The normalized spacial score (nSPS) is 12.9. The predicted molar refractivity (Wildman–Crippen MR) is 76.8 cm³/mol. The molecule has 0 spiro atoms. The molecule has 0 aliphatic rings. The van der Waals surface area contributed by atoms with Crippen LogP contribution < -0.4 is 10.0 Å². The van der Waals surface area contributed by atoms with Gasteiger partial charge in [-0.15, -0.1) is 5.10 Å². The van der Waals surface area contributed by atoms with E-state index >= 15 is 0 Å². The van der Waals surface area contributed by atoms with Crippen molar-refractivity contribution >= 4 is 15.8 Å². The van der Waals surface area contributed by atoms with Crippen LogP contribution in [0.3, 0.4) is 0 Å². The maximum atomic E-state index is 12.2. The lowest BCUT2D eigenvalue weighted by Crippen LogP contribution is -2.15. The summed E-state index contributed by atoms with van der Waals surface area (Å²) in [5.74, 6) is 0.195. The van der Waals surface area contributed by atoms with Crippen molar-refractivity contribution in [2.45, 2.75) is 17.9 Å². The van der Waals surface area contributed by atoms with Crippen LogP contribution in [0.15, 0.2) is 47.5 Å². The Kier molecular flexibility index (Phi) is 4.31. The molecule has 0 radical (unpaired) electrons. The molecule has 1 unspecified atom stereocenters. The Bertz CT molecular complexity index is 657. The van der Waals surface area contributed by atoms with Crippen LogP contribution in [0.25, 0.3) is 0 Å². The summed E-state index contributed by atoms with van der Waals surface area (Å²) >= 11 is 0. The number of hydrogen-bond acceptors (Lipinski definition) is 5. The van der Waals surface area contributed by atoms with E-state index in [9.17, 15) is 8.42 Å². The quantitative estimate of drug-likeness (QED) is 0.873. The number of rotatable bonds is 5. The summed E-state index contributed by atoms with van der Waals surface area (Å²) in [6, 6.07) is 10.0. The highest BCUT2D eigenvalue weighted by Crippen LogP contribution is 2.17. The van der Waals surface area contributed by atoms with Gasteiger partial charge in [0.05, 0.1) is 4.90 Å². The molecule has 1 atom stereocenters. The molecule has 106 valence electrons. The third-order valence-corrected chi connectivity index (χ3v) is 4.31. The van der Waals surface area contributed by atoms with Gasteiger partial charge in [0.15, 0.2) is 5.82 Å². The number of anilines is 1. The van der Waals surface area contributed by atoms with Gasteiger partial charge in [-0.25, -0.2) is 8.42 Å². The fourth-order valence-corrected chi connectivity index (χ4v) is 2.65. The van der Waals surface area contributed by atoms with Crippen LogP contribution >= 0.6 is 0 Å². The van der Waals surface area contributed by atoms with Crippen LogP contribution in [-0.4, -0.2) is 25.7 Å². The Balaban J connectivity index is 2.22. The van der Waals surface area contributed by atoms with Crippen LogP contribution in [0, 0.1) is 0 Å². The second-order valence-electron chi connectivity index (χ2n) is 4.29. The predicted octanol–water partition coefficient (Wildman–Crippen LogP) is 1.56. The Labute approximate surface area is 118 Å². The zero-order valence-electron chi connectivity index (χ0n) is 11.2. The number of nitrogens with one attached hydrogen (secondary N) is 2. The lowest BCUT2D eigenvalue weighted by Gasteiger charge is -2.11. The number of benzene rings is 1. The molecule has 0 fully saturated rings. The minimum Gasteiger partial charge on any atom is -0.313 e. The van der Waals surface area contributed by atoms with Crippen molar-refractivity contribution in [3.8, 4) is 0 Å². The molecule has 0 aliphatic heterocycles. The van der Waals surface area contributed by atoms with E-state index in [1.165, 1.54) is 6.20 Å². The van der Waals surface area contributed by atoms with Gasteiger partial charge >= 0.3 is 0 Å². The summed E-state index contributed by atoms with van der Waals surface area (Å²) in [6.07, 6.45) is 1.48. The molecular formula is C13H16N4O2S. The topological polar surface area (TPSA) is 84.0 Å². The minimum atomic E-state index is -3.64. The first-order valence-electron chi connectivity index (χ1n) is 6.10. The second kappa shape index (κ2) is 5.98. The number of aromatic nitrogens is 2. The van der Waals surface area contributed by atoms with Gasteiger partial charge < -0.3 is 5.32 Å². The van der Waals surface area contributed by atoms with Gasteiger partial charge in [-0.2, -0.15) is 5.10 Å². The van der Waals surface area contributed by atoms with Gasteiger partial charge in [-0.05, 0) is 43.8 Å². The summed E-state index contributed by atoms with van der Waals surface area (Å²) in [5.41, 5.74) is 1.02. The van der Waals surface area contributed by atoms with Crippen molar-refractivity contribution in [1.82, 2.24) is 15.5 Å². The first-order chi connectivity index (χ1) is 9.53. The van der Waals surface area contributed by atoms with Gasteiger partial charge in [-0.3, -0.25) is 4.72 Å². The highest BCUT2D eigenvalue weighted by atomic mass is 32.2. The van der Waals surface area contributed by atoms with Gasteiger partial charge in [0.2, 0.25) is 0 Å². The summed E-state index contributed by atoms with van der Waals surface area (Å²) in [7, 11) is -1.78. The fourth-order valence-electron chi connectivity index (χ4n) is 1.65. The van der Waals surface area contributed by atoms with E-state index in [2.05, 4.69) is 20.2 Å². The molecule has 0 amide bonds. The monoisotopic (exact) mass is 292 g/mol. The SMILES string of the molecule is CNC(C)c1ccc(S(=O)(=O)Nc2cccnn2)cc1. The van der Waals surface area contributed by atoms with Gasteiger partial charge in [0.25, 0.3) is 10.0 Å². The van der Waals surface area contributed by atoms with Crippen molar-refractivity contribution < 1.29 is 8.42 Å². The van der Waals surface area contributed by atoms with Gasteiger partial charge in [-0.1, -0.05) is 12.1 Å². The van der Waals surface area contributed by atoms with Crippen molar-refractivity contribution in [2.75, 3.05) is 11.8 Å². The Hall–Kier alpha value is -1.99. The summed E-state index contributed by atoms with van der Waals surface area (Å²) in [6.45, 7) is 2.00. The molecule has 1 aromatic heterocycles. The van der Waals surface area contributed by atoms with E-state index in [1.54, 1.807) is 36.4 Å². The smallest absolute Gasteiger partial charge is 0.263 e. The first kappa shape index (κ1) is 14.4. The Morgan fingerprint density at radius 1 is 1.15 bits per heavy atom. The molecule has 6 nitrogen and oxygen atoms in total. The zero-order valence-corrected chi connectivity index (χ0v) is 12.1. The molecule has 2 N–H and O–H groups in total. The summed E-state index contributed by atoms with van der Waals surface area (Å²) in [4.78, 5) is 0.190. The Morgan fingerprint density at radius 3 is 2.40 bits per heavy atom. The third kappa shape index (κ3) is 3.31. The third-order valence-electron chi connectivity index (χ3n) is 2.93. The van der Waals surface area contributed by atoms with Crippen LogP contribution in [0.2, 0.25) is 0 Å². The van der Waals surface area contributed by atoms with Gasteiger partial charge in [0.1, 0.15) is 0 Å². The largest absolute Gasteiger partial charge is 0.313 e. The van der Waals surface area contributed by atoms with Crippen molar-refractivity contribution in [2.24, 2.45) is 0 Å². The van der Waals surface area contributed by atoms with E-state index in [4.69, 9.17) is 0 Å². The van der Waals surface area contributed by atoms with Gasteiger partial charge in [0, 0.05) is 12.2 Å². The number of hydrogen-bond donors (Lipinski definition) is 2. The number of nitrogens with zero attached hydrogens (tertiary/aromatic N) is 2. The first-order valence-corrected chi connectivity index (χ1v) is 7.59. The summed E-state index contributed by atoms with van der Waals surface area (Å²) in [5, 5.41) is 10.4. The zero-order chi connectivity index (χ0) is 14.6. The maximum absolute atomic E-state index is 12.2. The molecule has 1 heterocycles. The standard InChI is InChI=1S/C13H16N4O2S/c1-10(14-2)11-5-7-12(8-6-11)20(18,19)17-13-4-3-9-15-16-13/h3-10,14H,1-2H3,(H,16,17). The molecule has 0 saturated heterocycles. The molecular weight excluding hydrogens is 276 g/mol. The van der Waals surface area contributed by atoms with Crippen molar-refractivity contribution in [1.29, 1.82) is 0 Å². The molecule has 0 saturated carbocycles. The average molecular weight is 292 g/mol. The maximum Gasteiger partial charge on any atom is 0.263 e. The lowest BCUT2D eigenvalue weighted by atomic mass is 10.1. The highest BCUT2D eigenvalue weighted by molar-refractivity contribution is 7.92. The Morgan fingerprint density at radius 2 is 1.85 bits per heavy atom. The number of sulfonamides is 1. The van der Waals surface area contributed by atoms with Crippen molar-refractivity contribution in [3.63, 3.8) is 0 Å². The highest BCUT2D eigenvalue weighted by Gasteiger charge is 2.15. The second-order valence-corrected chi connectivity index (χ2v) is 5.98. The summed E-state index contributed by atoms with van der Waals surface area (Å²) < 4.78 is 26.7. The molecule has 0 aliphatic carbocycles. The van der Waals surface area contributed by atoms with E-state index in [0.29, 0.717) is 0 Å². The van der Waals surface area contributed by atoms with Crippen LogP contribution in [-0.2, 0) is 10.0 Å². The molecule has 7 heteroatoms. The lowest BCUT2D eigenvalue weighted by molar-refractivity contribution is 0.600. The van der Waals surface area contributed by atoms with Crippen LogP contribution in [0.5, 0.6) is 0 Å². The minimum absolute atomic E-state index is 0.166. The molecule has 0 bridgehead atoms. The van der Waals surface area contributed by atoms with E-state index in [0.717, 1.165) is 5.56 Å². The molecule has 2 rings (SSSR count). The molecule has 1 aromatic carbocycles. The van der Waals surface area contributed by atoms with E-state index in [-0.39, 0.29) is 16.8 Å². The molecule has 20 heavy (non-hydrogen) atoms.